The summed E-state index contributed by atoms with van der Waals surface area (Å²) in [6, 6.07) is 3.66. The van der Waals surface area contributed by atoms with Crippen molar-refractivity contribution in [2.24, 2.45) is 0 Å². The van der Waals surface area contributed by atoms with Gasteiger partial charge in [-0.25, -0.2) is 0 Å². The molecule has 0 fully saturated rings. The number of ketones is 1. The molecule has 0 amide bonds. The van der Waals surface area contributed by atoms with Gasteiger partial charge in [-0.15, -0.1) is 11.3 Å². The van der Waals surface area contributed by atoms with Crippen LogP contribution in [0.25, 0.3) is 0 Å². The highest BCUT2D eigenvalue weighted by molar-refractivity contribution is 7.12. The lowest BCUT2D eigenvalue weighted by molar-refractivity contribution is -0.399. The maximum absolute atomic E-state index is 11.4. The zero-order valence-corrected chi connectivity index (χ0v) is 7.36. The van der Waals surface area contributed by atoms with Gasteiger partial charge in [0, 0.05) is 6.42 Å². The molecule has 11 heavy (non-hydrogen) atoms. The second-order valence-corrected chi connectivity index (χ2v) is 3.39. The topological polar surface area (TPSA) is 44.7 Å². The van der Waals surface area contributed by atoms with Crippen LogP contribution in [0.15, 0.2) is 17.5 Å². The summed E-state index contributed by atoms with van der Waals surface area (Å²) in [5.41, 5.74) is 3.77. The van der Waals surface area contributed by atoms with E-state index in [0.29, 0.717) is 0 Å². The van der Waals surface area contributed by atoms with Gasteiger partial charge in [0.2, 0.25) is 5.78 Å². The lowest BCUT2D eigenvalue weighted by atomic mass is 10.1. The van der Waals surface area contributed by atoms with E-state index in [1.165, 1.54) is 11.3 Å². The van der Waals surface area contributed by atoms with E-state index in [1.54, 1.807) is 0 Å². The minimum Gasteiger partial charge on any atom is -0.349 e. The quantitative estimate of drug-likeness (QED) is 0.674. The molecule has 0 saturated carbocycles. The third kappa shape index (κ3) is 1.88. The van der Waals surface area contributed by atoms with E-state index in [0.717, 1.165) is 11.3 Å². The summed E-state index contributed by atoms with van der Waals surface area (Å²) in [6.07, 6.45) is 0.816. The zero-order chi connectivity index (χ0) is 8.27. The van der Waals surface area contributed by atoms with Crippen molar-refractivity contribution in [2.75, 3.05) is 0 Å². The molecule has 2 nitrogen and oxygen atoms in total. The molecule has 0 radical (unpaired) electrons. The van der Waals surface area contributed by atoms with Gasteiger partial charge in [-0.3, -0.25) is 4.79 Å². The van der Waals surface area contributed by atoms with Crippen LogP contribution in [0, 0.1) is 0 Å². The zero-order valence-electron chi connectivity index (χ0n) is 6.54. The Balaban J connectivity index is 2.70. The Morgan fingerprint density at radius 1 is 1.82 bits per heavy atom. The van der Waals surface area contributed by atoms with Crippen molar-refractivity contribution in [1.82, 2.24) is 0 Å². The van der Waals surface area contributed by atoms with Crippen LogP contribution in [-0.2, 0) is 0 Å². The summed E-state index contributed by atoms with van der Waals surface area (Å²) < 4.78 is 0. The highest BCUT2D eigenvalue weighted by Gasteiger charge is 2.17. The first-order chi connectivity index (χ1) is 5.25. The Kier molecular flexibility index (Phi) is 2.79. The molecule has 1 unspecified atom stereocenters. The van der Waals surface area contributed by atoms with E-state index in [1.807, 2.05) is 24.4 Å². The first-order valence-electron chi connectivity index (χ1n) is 3.66. The van der Waals surface area contributed by atoms with Crippen molar-refractivity contribution < 1.29 is 10.5 Å². The van der Waals surface area contributed by atoms with E-state index in [4.69, 9.17) is 0 Å². The second kappa shape index (κ2) is 3.64. The Morgan fingerprint density at radius 2 is 2.55 bits per heavy atom. The van der Waals surface area contributed by atoms with Crippen molar-refractivity contribution >= 4 is 17.1 Å². The van der Waals surface area contributed by atoms with Crippen molar-refractivity contribution in [3.8, 4) is 0 Å². The molecule has 0 spiro atoms. The Labute approximate surface area is 70.0 Å². The number of carbonyl (C=O) groups excluding carboxylic acids is 1. The second-order valence-electron chi connectivity index (χ2n) is 2.45. The summed E-state index contributed by atoms with van der Waals surface area (Å²) in [5, 5.41) is 1.91. The summed E-state index contributed by atoms with van der Waals surface area (Å²) in [7, 11) is 0. The molecule has 0 aliphatic carbocycles. The number of rotatable bonds is 3. The molecule has 1 heterocycles. The van der Waals surface area contributed by atoms with Crippen LogP contribution < -0.4 is 5.73 Å². The Hall–Kier alpha value is -0.670. The summed E-state index contributed by atoms with van der Waals surface area (Å²) in [4.78, 5) is 12.2. The molecule has 0 aliphatic rings. The lowest BCUT2D eigenvalue weighted by Crippen LogP contribution is -2.64. The minimum atomic E-state index is -0.0753. The van der Waals surface area contributed by atoms with Crippen LogP contribution in [0.3, 0.4) is 0 Å². The van der Waals surface area contributed by atoms with Gasteiger partial charge in [0.1, 0.15) is 6.04 Å². The first kappa shape index (κ1) is 8.43. The molecular weight excluding hydrogens is 158 g/mol. The molecule has 0 saturated heterocycles. The highest BCUT2D eigenvalue weighted by Crippen LogP contribution is 2.10. The van der Waals surface area contributed by atoms with Gasteiger partial charge in [0.15, 0.2) is 0 Å². The molecule has 0 aromatic carbocycles. The van der Waals surface area contributed by atoms with Gasteiger partial charge in [-0.1, -0.05) is 13.0 Å². The molecule has 0 aliphatic heterocycles. The van der Waals surface area contributed by atoms with Crippen LogP contribution in [-0.4, -0.2) is 11.8 Å². The number of thiophene rings is 1. The average Bonchev–Trinajstić information content (AvgIpc) is 2.53. The standard InChI is InChI=1S/C8H11NOS/c1-2-6(9)8(10)7-4-3-5-11-7/h3-6H,2,9H2,1H3/p+1. The van der Waals surface area contributed by atoms with E-state index in [9.17, 15) is 4.79 Å². The van der Waals surface area contributed by atoms with E-state index in [2.05, 4.69) is 5.73 Å². The third-order valence-electron chi connectivity index (χ3n) is 1.63. The Morgan fingerprint density at radius 3 is 3.00 bits per heavy atom. The summed E-state index contributed by atoms with van der Waals surface area (Å²) in [5.74, 6) is 0.169. The molecule has 3 heteroatoms. The summed E-state index contributed by atoms with van der Waals surface area (Å²) in [6.45, 7) is 1.98. The van der Waals surface area contributed by atoms with Crippen LogP contribution >= 0.6 is 11.3 Å². The molecule has 1 aromatic rings. The molecule has 60 valence electrons. The largest absolute Gasteiger partial charge is 0.349 e. The van der Waals surface area contributed by atoms with E-state index < -0.39 is 0 Å². The highest BCUT2D eigenvalue weighted by atomic mass is 32.1. The fourth-order valence-corrected chi connectivity index (χ4v) is 1.55. The number of Topliss-reactive ketones (excluding diaryl/α,β-unsaturated/α-hetero) is 1. The maximum Gasteiger partial charge on any atom is 0.229 e. The summed E-state index contributed by atoms with van der Waals surface area (Å²) >= 11 is 1.49. The van der Waals surface area contributed by atoms with Crippen LogP contribution in [0.5, 0.6) is 0 Å². The van der Waals surface area contributed by atoms with Crippen LogP contribution in [0.4, 0.5) is 0 Å². The Bertz CT molecular complexity index is 230. The predicted octanol–water partition coefficient (Wildman–Crippen LogP) is 0.951. The SMILES string of the molecule is CCC([NH3+])C(=O)c1cccs1. The fourth-order valence-electron chi connectivity index (χ4n) is 0.805. The molecule has 1 aromatic heterocycles. The molecule has 0 bridgehead atoms. The van der Waals surface area contributed by atoms with Crippen molar-refractivity contribution in [2.45, 2.75) is 19.4 Å². The van der Waals surface area contributed by atoms with Crippen molar-refractivity contribution in [1.29, 1.82) is 0 Å². The fraction of sp³-hybridized carbons (Fsp3) is 0.375. The van der Waals surface area contributed by atoms with Gasteiger partial charge in [0.05, 0.1) is 4.88 Å². The van der Waals surface area contributed by atoms with Gasteiger partial charge < -0.3 is 5.73 Å². The average molecular weight is 170 g/mol. The van der Waals surface area contributed by atoms with Gasteiger partial charge in [-0.05, 0) is 11.4 Å². The van der Waals surface area contributed by atoms with Crippen molar-refractivity contribution in [3.63, 3.8) is 0 Å². The minimum absolute atomic E-state index is 0.0753. The van der Waals surface area contributed by atoms with Gasteiger partial charge in [0.25, 0.3) is 0 Å². The number of carbonyl (C=O) groups is 1. The monoisotopic (exact) mass is 170 g/mol. The lowest BCUT2D eigenvalue weighted by Gasteiger charge is -2.00. The van der Waals surface area contributed by atoms with E-state index >= 15 is 0 Å². The predicted molar refractivity (Wildman–Crippen MR) is 45.6 cm³/mol. The van der Waals surface area contributed by atoms with Crippen molar-refractivity contribution in [3.05, 3.63) is 22.4 Å². The van der Waals surface area contributed by atoms with Gasteiger partial charge >= 0.3 is 0 Å². The third-order valence-corrected chi connectivity index (χ3v) is 2.51. The van der Waals surface area contributed by atoms with Gasteiger partial charge in [-0.2, -0.15) is 0 Å². The number of quaternary nitrogens is 1. The number of hydrogen-bond donors (Lipinski definition) is 1. The number of hydrogen-bond acceptors (Lipinski definition) is 2. The molecule has 3 N–H and O–H groups in total. The van der Waals surface area contributed by atoms with Crippen LogP contribution in [0.1, 0.15) is 23.0 Å². The van der Waals surface area contributed by atoms with Crippen LogP contribution in [0.2, 0.25) is 0 Å². The smallest absolute Gasteiger partial charge is 0.229 e. The molecular formula is C8H12NOS+. The molecule has 1 atom stereocenters. The van der Waals surface area contributed by atoms with E-state index in [-0.39, 0.29) is 11.8 Å². The normalized spacial score (nSPS) is 12.9. The first-order valence-corrected chi connectivity index (χ1v) is 4.54. The maximum atomic E-state index is 11.4. The molecule has 1 rings (SSSR count).